The first kappa shape index (κ1) is 23.9. The van der Waals surface area contributed by atoms with Gasteiger partial charge in [0, 0.05) is 30.8 Å². The van der Waals surface area contributed by atoms with Crippen molar-refractivity contribution in [3.8, 4) is 11.1 Å². The lowest BCUT2D eigenvalue weighted by atomic mass is 10.0. The van der Waals surface area contributed by atoms with Gasteiger partial charge in [0.15, 0.2) is 0 Å². The van der Waals surface area contributed by atoms with E-state index in [2.05, 4.69) is 9.72 Å². The number of sulfonamides is 1. The summed E-state index contributed by atoms with van der Waals surface area (Å²) in [5.41, 5.74) is 5.30. The van der Waals surface area contributed by atoms with Crippen LogP contribution >= 0.6 is 0 Å². The van der Waals surface area contributed by atoms with Gasteiger partial charge in [-0.15, -0.1) is 0 Å². The van der Waals surface area contributed by atoms with Gasteiger partial charge in [0.25, 0.3) is 0 Å². The Labute approximate surface area is 215 Å². The van der Waals surface area contributed by atoms with Crippen LogP contribution < -0.4 is 4.90 Å². The molecule has 2 aromatic carbocycles. The number of hydrogen-bond acceptors (Lipinski definition) is 6. The molecule has 4 heterocycles. The van der Waals surface area contributed by atoms with Crippen molar-refractivity contribution >= 4 is 32.7 Å². The van der Waals surface area contributed by atoms with Crippen molar-refractivity contribution in [3.63, 3.8) is 0 Å². The summed E-state index contributed by atoms with van der Waals surface area (Å²) >= 11 is 0. The van der Waals surface area contributed by atoms with Crippen molar-refractivity contribution < 1.29 is 17.7 Å². The molecule has 1 amide bonds. The van der Waals surface area contributed by atoms with Gasteiger partial charge in [-0.2, -0.15) is 0 Å². The first-order valence-corrected chi connectivity index (χ1v) is 14.3. The normalized spacial score (nSPS) is 20.9. The summed E-state index contributed by atoms with van der Waals surface area (Å²) in [7, 11) is -3.30. The molecule has 2 unspecified atom stereocenters. The molecule has 0 radical (unpaired) electrons. The fraction of sp³-hybridized carbons (Fsp3) is 0.370. The molecule has 2 aliphatic rings. The third-order valence-corrected chi connectivity index (χ3v) is 8.81. The largest absolute Gasteiger partial charge is 0.361 e. The lowest BCUT2D eigenvalue weighted by molar-refractivity contribution is -0.117. The molecule has 6 rings (SSSR count). The van der Waals surface area contributed by atoms with Crippen molar-refractivity contribution in [1.82, 2.24) is 19.0 Å². The van der Waals surface area contributed by atoms with E-state index in [9.17, 15) is 13.2 Å². The Hall–Kier alpha value is -3.50. The second kappa shape index (κ2) is 8.81. The van der Waals surface area contributed by atoms with Crippen molar-refractivity contribution in [2.24, 2.45) is 0 Å². The maximum atomic E-state index is 13.1. The molecule has 0 spiro atoms. The van der Waals surface area contributed by atoms with Gasteiger partial charge >= 0.3 is 0 Å². The second-order valence-corrected chi connectivity index (χ2v) is 11.9. The van der Waals surface area contributed by atoms with Gasteiger partial charge in [-0.05, 0) is 56.5 Å². The molecule has 0 bridgehead atoms. The highest BCUT2D eigenvalue weighted by atomic mass is 32.2. The van der Waals surface area contributed by atoms with Crippen molar-refractivity contribution in [2.75, 3.05) is 24.2 Å². The number of amides is 1. The number of aromatic nitrogens is 3. The fourth-order valence-corrected chi connectivity index (χ4v) is 6.73. The molecular weight excluding hydrogens is 490 g/mol. The van der Waals surface area contributed by atoms with E-state index < -0.39 is 10.0 Å². The van der Waals surface area contributed by atoms with E-state index >= 15 is 0 Å². The molecule has 2 saturated heterocycles. The van der Waals surface area contributed by atoms with E-state index in [-0.39, 0.29) is 18.0 Å². The Bertz CT molecular complexity index is 1590. The molecule has 2 fully saturated rings. The van der Waals surface area contributed by atoms with Crippen LogP contribution in [0.25, 0.3) is 22.2 Å². The van der Waals surface area contributed by atoms with Crippen LogP contribution in [0, 0.1) is 13.8 Å². The third kappa shape index (κ3) is 4.04. The number of imidazole rings is 1. The van der Waals surface area contributed by atoms with E-state index in [4.69, 9.17) is 9.51 Å². The van der Waals surface area contributed by atoms with Gasteiger partial charge in [0.1, 0.15) is 11.6 Å². The Kier molecular flexibility index (Phi) is 5.68. The average molecular weight is 520 g/mol. The van der Waals surface area contributed by atoms with Gasteiger partial charge < -0.3 is 14.0 Å². The zero-order valence-corrected chi connectivity index (χ0v) is 21.9. The van der Waals surface area contributed by atoms with Gasteiger partial charge in [-0.1, -0.05) is 29.4 Å². The zero-order chi connectivity index (χ0) is 25.9. The zero-order valence-electron chi connectivity index (χ0n) is 21.1. The predicted octanol–water partition coefficient (Wildman–Crippen LogP) is 4.38. The summed E-state index contributed by atoms with van der Waals surface area (Å²) in [6.45, 7) is 4.66. The summed E-state index contributed by atoms with van der Waals surface area (Å²) in [6.07, 6.45) is 3.03. The molecular formula is C27H29N5O4S. The predicted molar refractivity (Wildman–Crippen MR) is 141 cm³/mol. The Morgan fingerprint density at radius 1 is 1.05 bits per heavy atom. The molecule has 2 aromatic heterocycles. The number of hydrogen-bond donors (Lipinski definition) is 0. The summed E-state index contributed by atoms with van der Waals surface area (Å²) in [6, 6.07) is 15.5. The monoisotopic (exact) mass is 519 g/mol. The van der Waals surface area contributed by atoms with Crippen molar-refractivity contribution in [1.29, 1.82) is 0 Å². The Balaban J connectivity index is 1.51. The van der Waals surface area contributed by atoms with Gasteiger partial charge in [-0.25, -0.2) is 17.7 Å². The first-order valence-electron chi connectivity index (χ1n) is 12.5. The van der Waals surface area contributed by atoms with Crippen LogP contribution in [0.3, 0.4) is 0 Å². The topological polar surface area (TPSA) is 102 Å². The van der Waals surface area contributed by atoms with Gasteiger partial charge in [0.2, 0.25) is 15.9 Å². The van der Waals surface area contributed by atoms with Gasteiger partial charge in [-0.3, -0.25) is 4.79 Å². The highest BCUT2D eigenvalue weighted by Crippen LogP contribution is 2.41. The van der Waals surface area contributed by atoms with Crippen LogP contribution in [0.5, 0.6) is 0 Å². The minimum absolute atomic E-state index is 0.0652. The van der Waals surface area contributed by atoms with Crippen molar-refractivity contribution in [3.05, 3.63) is 65.8 Å². The molecule has 0 aliphatic carbocycles. The highest BCUT2D eigenvalue weighted by molar-refractivity contribution is 7.88. The standard InChI is InChI=1S/C27H29N5O4S/c1-17-26(18(2)36-29-17)19-9-10-23-22(15-19)28-27(32(23)21-13-14-30(16-21)37(3,34)35)24-11-12-25(33)31(24)20-7-5-4-6-8-20/h4-10,15,21,24H,11-14,16H2,1-3H3. The van der Waals surface area contributed by atoms with E-state index in [0.29, 0.717) is 32.4 Å². The number of aryl methyl sites for hydroxylation is 2. The van der Waals surface area contributed by atoms with E-state index in [1.165, 1.54) is 10.6 Å². The molecule has 4 aromatic rings. The van der Waals surface area contributed by atoms with E-state index in [1.807, 2.05) is 67.3 Å². The maximum Gasteiger partial charge on any atom is 0.227 e. The molecule has 10 heteroatoms. The van der Waals surface area contributed by atoms with E-state index in [0.717, 1.165) is 45.1 Å². The molecule has 0 saturated carbocycles. The number of anilines is 1. The number of carbonyl (C=O) groups is 1. The van der Waals surface area contributed by atoms with Crippen LogP contribution in [-0.4, -0.2) is 52.7 Å². The quantitative estimate of drug-likeness (QED) is 0.388. The smallest absolute Gasteiger partial charge is 0.227 e. The number of carbonyl (C=O) groups excluding carboxylic acids is 1. The third-order valence-electron chi connectivity index (χ3n) is 7.54. The summed E-state index contributed by atoms with van der Waals surface area (Å²) in [5, 5.41) is 4.10. The number of rotatable bonds is 5. The minimum Gasteiger partial charge on any atom is -0.361 e. The van der Waals surface area contributed by atoms with Crippen LogP contribution in [0.4, 0.5) is 5.69 Å². The number of benzene rings is 2. The minimum atomic E-state index is -3.30. The van der Waals surface area contributed by atoms with Crippen LogP contribution in [0.1, 0.15) is 48.6 Å². The molecule has 0 N–H and O–H groups in total. The molecule has 2 atom stereocenters. The number of para-hydroxylation sites is 1. The van der Waals surface area contributed by atoms with Crippen LogP contribution in [0.15, 0.2) is 53.1 Å². The Morgan fingerprint density at radius 3 is 2.51 bits per heavy atom. The number of fused-ring (bicyclic) bond motifs is 1. The van der Waals surface area contributed by atoms with E-state index in [1.54, 1.807) is 0 Å². The Morgan fingerprint density at radius 2 is 1.84 bits per heavy atom. The summed E-state index contributed by atoms with van der Waals surface area (Å²) in [5.74, 6) is 1.60. The van der Waals surface area contributed by atoms with Crippen LogP contribution in [0.2, 0.25) is 0 Å². The maximum absolute atomic E-state index is 13.1. The molecule has 9 nitrogen and oxygen atoms in total. The summed E-state index contributed by atoms with van der Waals surface area (Å²) in [4.78, 5) is 20.0. The highest BCUT2D eigenvalue weighted by Gasteiger charge is 2.39. The second-order valence-electron chi connectivity index (χ2n) is 9.96. The molecule has 2 aliphatic heterocycles. The first-order chi connectivity index (χ1) is 17.7. The lowest BCUT2D eigenvalue weighted by Gasteiger charge is -2.27. The van der Waals surface area contributed by atoms with Crippen LogP contribution in [-0.2, 0) is 14.8 Å². The lowest BCUT2D eigenvalue weighted by Crippen LogP contribution is -2.31. The van der Waals surface area contributed by atoms with Crippen molar-refractivity contribution in [2.45, 2.75) is 45.2 Å². The SMILES string of the molecule is Cc1noc(C)c1-c1ccc2c(c1)nc(C1CCC(=O)N1c1ccccc1)n2C1CCN(S(C)(=O)=O)C1. The van der Waals surface area contributed by atoms with Gasteiger partial charge in [0.05, 0.1) is 35.1 Å². The molecule has 192 valence electrons. The fourth-order valence-electron chi connectivity index (χ4n) is 5.85. The average Bonchev–Trinajstić information content (AvgIpc) is 3.64. The molecule has 37 heavy (non-hydrogen) atoms. The number of nitrogens with zero attached hydrogens (tertiary/aromatic N) is 5. The summed E-state index contributed by atoms with van der Waals surface area (Å²) < 4.78 is 33.7.